The molecular weight excluding hydrogens is 446 g/mol. The summed E-state index contributed by atoms with van der Waals surface area (Å²) in [5.74, 6) is -2.24. The minimum absolute atomic E-state index is 0.0375. The molecule has 0 aliphatic carbocycles. The van der Waals surface area contributed by atoms with Gasteiger partial charge in [0.25, 0.3) is 0 Å². The zero-order chi connectivity index (χ0) is 24.9. The number of para-hydroxylation sites is 1. The second kappa shape index (κ2) is 10.2. The first-order chi connectivity index (χ1) is 16.0. The number of nitrogens with two attached hydrogens (primary N) is 1. The molecule has 1 aromatic heterocycles. The maximum Gasteiger partial charge on any atom is 0.412 e. The standard InChI is InChI=1S/C24H24F2N4O4/c1-24(2,3)34-23(32)30-17-11-10-15(14-7-6-12-28-18(14)13-29-22(27)31)21(20(17)26)33-19-9-5-4-8-16(19)25/h4-12H,13H2,1-3H3,(H,30,32)(H3,27,29,31). The highest BCUT2D eigenvalue weighted by Gasteiger charge is 2.23. The number of rotatable bonds is 6. The summed E-state index contributed by atoms with van der Waals surface area (Å²) >= 11 is 0. The van der Waals surface area contributed by atoms with Gasteiger partial charge in [0.2, 0.25) is 0 Å². The number of hydrogen-bond donors (Lipinski definition) is 3. The molecule has 0 atom stereocenters. The zero-order valence-corrected chi connectivity index (χ0v) is 18.8. The normalized spacial score (nSPS) is 11.0. The molecule has 3 rings (SSSR count). The Morgan fingerprint density at radius 2 is 1.76 bits per heavy atom. The maximum atomic E-state index is 15.6. The van der Waals surface area contributed by atoms with Gasteiger partial charge < -0.3 is 20.5 Å². The SMILES string of the molecule is CC(C)(C)OC(=O)Nc1ccc(-c2cccnc2CNC(N)=O)c(Oc2ccccc2F)c1F. The van der Waals surface area contributed by atoms with Crippen LogP contribution in [-0.2, 0) is 11.3 Å². The van der Waals surface area contributed by atoms with Gasteiger partial charge in [0.05, 0.1) is 17.9 Å². The van der Waals surface area contributed by atoms with Crippen molar-refractivity contribution < 1.29 is 27.8 Å². The van der Waals surface area contributed by atoms with Gasteiger partial charge in [0.15, 0.2) is 23.1 Å². The average molecular weight is 470 g/mol. The van der Waals surface area contributed by atoms with Crippen molar-refractivity contribution in [3.8, 4) is 22.6 Å². The molecule has 0 bridgehead atoms. The predicted octanol–water partition coefficient (Wildman–Crippen LogP) is 5.33. The number of anilines is 1. The highest BCUT2D eigenvalue weighted by molar-refractivity contribution is 5.87. The number of halogens is 2. The van der Waals surface area contributed by atoms with Crippen LogP contribution in [0.3, 0.4) is 0 Å². The number of urea groups is 1. The van der Waals surface area contributed by atoms with E-state index in [1.165, 1.54) is 42.6 Å². The number of nitrogens with one attached hydrogen (secondary N) is 2. The highest BCUT2D eigenvalue weighted by atomic mass is 19.1. The summed E-state index contributed by atoms with van der Waals surface area (Å²) in [6.07, 6.45) is 0.622. The molecule has 0 unspecified atom stereocenters. The van der Waals surface area contributed by atoms with Crippen molar-refractivity contribution in [2.45, 2.75) is 32.9 Å². The molecule has 34 heavy (non-hydrogen) atoms. The maximum absolute atomic E-state index is 15.6. The quantitative estimate of drug-likeness (QED) is 0.450. The van der Waals surface area contributed by atoms with Crippen molar-refractivity contribution in [2.75, 3.05) is 5.32 Å². The van der Waals surface area contributed by atoms with E-state index < -0.39 is 29.4 Å². The number of ether oxygens (including phenoxy) is 2. The average Bonchev–Trinajstić information content (AvgIpc) is 2.75. The molecule has 2 aromatic carbocycles. The van der Waals surface area contributed by atoms with Gasteiger partial charge >= 0.3 is 12.1 Å². The molecule has 3 amide bonds. The summed E-state index contributed by atoms with van der Waals surface area (Å²) in [4.78, 5) is 27.6. The van der Waals surface area contributed by atoms with Crippen LogP contribution < -0.4 is 21.1 Å². The Balaban J connectivity index is 2.10. The number of primary amides is 1. The van der Waals surface area contributed by atoms with Gasteiger partial charge in [-0.25, -0.2) is 18.4 Å². The number of hydrogen-bond acceptors (Lipinski definition) is 5. The molecule has 4 N–H and O–H groups in total. The lowest BCUT2D eigenvalue weighted by molar-refractivity contribution is 0.0635. The lowest BCUT2D eigenvalue weighted by Gasteiger charge is -2.21. The summed E-state index contributed by atoms with van der Waals surface area (Å²) < 4.78 is 40.8. The van der Waals surface area contributed by atoms with Gasteiger partial charge in [0, 0.05) is 17.3 Å². The number of benzene rings is 2. The Kier molecular flexibility index (Phi) is 7.30. The molecule has 10 heteroatoms. The zero-order valence-electron chi connectivity index (χ0n) is 18.8. The van der Waals surface area contributed by atoms with E-state index in [1.807, 2.05) is 0 Å². The van der Waals surface area contributed by atoms with E-state index >= 15 is 4.39 Å². The molecule has 0 saturated heterocycles. The molecule has 0 fully saturated rings. The molecule has 178 valence electrons. The lowest BCUT2D eigenvalue weighted by atomic mass is 10.0. The van der Waals surface area contributed by atoms with Gasteiger partial charge in [0.1, 0.15) is 5.60 Å². The van der Waals surface area contributed by atoms with E-state index in [1.54, 1.807) is 32.9 Å². The van der Waals surface area contributed by atoms with Crippen LogP contribution in [0.25, 0.3) is 11.1 Å². The van der Waals surface area contributed by atoms with Crippen LogP contribution >= 0.6 is 0 Å². The van der Waals surface area contributed by atoms with E-state index in [0.29, 0.717) is 11.3 Å². The first-order valence-corrected chi connectivity index (χ1v) is 10.3. The molecular formula is C24H24F2N4O4. The van der Waals surface area contributed by atoms with Crippen molar-refractivity contribution in [2.24, 2.45) is 5.73 Å². The molecule has 0 aliphatic heterocycles. The first kappa shape index (κ1) is 24.4. The van der Waals surface area contributed by atoms with Gasteiger partial charge in [-0.1, -0.05) is 18.2 Å². The summed E-state index contributed by atoms with van der Waals surface area (Å²) in [6.45, 7) is 4.97. The van der Waals surface area contributed by atoms with Gasteiger partial charge in [-0.15, -0.1) is 0 Å². The van der Waals surface area contributed by atoms with Crippen LogP contribution in [0.1, 0.15) is 26.5 Å². The molecule has 0 spiro atoms. The van der Waals surface area contributed by atoms with Crippen LogP contribution in [0.4, 0.5) is 24.1 Å². The topological polar surface area (TPSA) is 116 Å². The van der Waals surface area contributed by atoms with Crippen molar-refractivity contribution in [1.29, 1.82) is 0 Å². The number of amides is 3. The van der Waals surface area contributed by atoms with Crippen LogP contribution in [0.2, 0.25) is 0 Å². The second-order valence-electron chi connectivity index (χ2n) is 8.18. The third kappa shape index (κ3) is 6.18. The molecule has 0 saturated carbocycles. The van der Waals surface area contributed by atoms with Crippen LogP contribution in [-0.4, -0.2) is 22.7 Å². The molecule has 3 aromatic rings. The largest absolute Gasteiger partial charge is 0.450 e. The van der Waals surface area contributed by atoms with Crippen molar-refractivity contribution >= 4 is 17.8 Å². The Labute approximate surface area is 195 Å². The monoisotopic (exact) mass is 470 g/mol. The van der Waals surface area contributed by atoms with Crippen LogP contribution in [0.15, 0.2) is 54.7 Å². The van der Waals surface area contributed by atoms with Gasteiger partial charge in [-0.05, 0) is 51.1 Å². The molecule has 1 heterocycles. The fourth-order valence-corrected chi connectivity index (χ4v) is 3.01. The van der Waals surface area contributed by atoms with E-state index in [9.17, 15) is 14.0 Å². The van der Waals surface area contributed by atoms with Crippen molar-refractivity contribution in [3.05, 3.63) is 72.1 Å². The van der Waals surface area contributed by atoms with Crippen molar-refractivity contribution in [1.82, 2.24) is 10.3 Å². The van der Waals surface area contributed by atoms with E-state index in [-0.39, 0.29) is 29.3 Å². The van der Waals surface area contributed by atoms with Crippen LogP contribution in [0.5, 0.6) is 11.5 Å². The highest BCUT2D eigenvalue weighted by Crippen LogP contribution is 2.40. The number of nitrogens with zero attached hydrogens (tertiary/aromatic N) is 1. The molecule has 0 aliphatic rings. The Bertz CT molecular complexity index is 1210. The Hall–Kier alpha value is -4.21. The Morgan fingerprint density at radius 3 is 2.44 bits per heavy atom. The Morgan fingerprint density at radius 1 is 1.03 bits per heavy atom. The van der Waals surface area contributed by atoms with Gasteiger partial charge in [-0.3, -0.25) is 10.3 Å². The van der Waals surface area contributed by atoms with E-state index in [2.05, 4.69) is 15.6 Å². The fraction of sp³-hybridized carbons (Fsp3) is 0.208. The van der Waals surface area contributed by atoms with Crippen molar-refractivity contribution in [3.63, 3.8) is 0 Å². The summed E-state index contributed by atoms with van der Waals surface area (Å²) in [5, 5.41) is 4.77. The third-order valence-corrected chi connectivity index (χ3v) is 4.39. The van der Waals surface area contributed by atoms with Gasteiger partial charge in [-0.2, -0.15) is 0 Å². The van der Waals surface area contributed by atoms with E-state index in [4.69, 9.17) is 15.2 Å². The fourth-order valence-electron chi connectivity index (χ4n) is 3.01. The van der Waals surface area contributed by atoms with E-state index in [0.717, 1.165) is 0 Å². The summed E-state index contributed by atoms with van der Waals surface area (Å²) in [5.41, 5.74) is 5.11. The minimum atomic E-state index is -0.954. The minimum Gasteiger partial charge on any atom is -0.450 e. The number of carbonyl (C=O) groups excluding carboxylic acids is 2. The number of pyridine rings is 1. The number of aromatic nitrogens is 1. The first-order valence-electron chi connectivity index (χ1n) is 10.3. The number of carbonyl (C=O) groups is 2. The smallest absolute Gasteiger partial charge is 0.412 e. The van der Waals surface area contributed by atoms with Crippen LogP contribution in [0, 0.1) is 11.6 Å². The predicted molar refractivity (Wildman–Crippen MR) is 122 cm³/mol. The summed E-state index contributed by atoms with van der Waals surface area (Å²) in [7, 11) is 0. The molecule has 0 radical (unpaired) electrons. The molecule has 8 nitrogen and oxygen atoms in total. The lowest BCUT2D eigenvalue weighted by Crippen LogP contribution is -2.29. The summed E-state index contributed by atoms with van der Waals surface area (Å²) in [6, 6.07) is 10.8. The third-order valence-electron chi connectivity index (χ3n) is 4.39. The second-order valence-corrected chi connectivity index (χ2v) is 8.18.